The van der Waals surface area contributed by atoms with E-state index in [-0.39, 0.29) is 11.9 Å². The second kappa shape index (κ2) is 8.77. The molecular formula is C21H26N2O4. The van der Waals surface area contributed by atoms with Crippen molar-refractivity contribution >= 4 is 11.6 Å². The lowest BCUT2D eigenvalue weighted by atomic mass is 10.2. The van der Waals surface area contributed by atoms with Crippen molar-refractivity contribution in [3.8, 4) is 17.2 Å². The summed E-state index contributed by atoms with van der Waals surface area (Å²) in [5.41, 5.74) is 1.86. The molecule has 2 aromatic carbocycles. The number of nitrogens with zero attached hydrogens (tertiary/aromatic N) is 1. The highest BCUT2D eigenvalue weighted by Crippen LogP contribution is 2.32. The van der Waals surface area contributed by atoms with Crippen molar-refractivity contribution in [2.75, 3.05) is 38.7 Å². The van der Waals surface area contributed by atoms with E-state index in [1.54, 1.807) is 6.07 Å². The SMILES string of the molecule is Cc1cccc(OCCN(C)C(C)C(=O)Nc2ccc3c(c2)OCCO3)c1. The van der Waals surface area contributed by atoms with E-state index in [2.05, 4.69) is 5.32 Å². The van der Waals surface area contributed by atoms with Gasteiger partial charge >= 0.3 is 0 Å². The van der Waals surface area contributed by atoms with Crippen LogP contribution in [0.4, 0.5) is 5.69 Å². The predicted molar refractivity (Wildman–Crippen MR) is 105 cm³/mol. The van der Waals surface area contributed by atoms with Gasteiger partial charge in [-0.25, -0.2) is 0 Å². The van der Waals surface area contributed by atoms with Crippen molar-refractivity contribution in [2.45, 2.75) is 19.9 Å². The van der Waals surface area contributed by atoms with Crippen LogP contribution in [0.25, 0.3) is 0 Å². The van der Waals surface area contributed by atoms with Gasteiger partial charge in [-0.2, -0.15) is 0 Å². The maximum atomic E-state index is 12.5. The Bertz CT molecular complexity index is 794. The molecular weight excluding hydrogens is 344 g/mol. The lowest BCUT2D eigenvalue weighted by molar-refractivity contribution is -0.120. The smallest absolute Gasteiger partial charge is 0.241 e. The molecule has 27 heavy (non-hydrogen) atoms. The van der Waals surface area contributed by atoms with Crippen LogP contribution in [0.5, 0.6) is 17.2 Å². The van der Waals surface area contributed by atoms with Crippen LogP contribution in [-0.2, 0) is 4.79 Å². The van der Waals surface area contributed by atoms with Crippen LogP contribution in [0.15, 0.2) is 42.5 Å². The molecule has 1 atom stereocenters. The lowest BCUT2D eigenvalue weighted by Gasteiger charge is -2.24. The number of hydrogen-bond acceptors (Lipinski definition) is 5. The topological polar surface area (TPSA) is 60.0 Å². The number of hydrogen-bond donors (Lipinski definition) is 1. The molecule has 1 aliphatic heterocycles. The first-order valence-corrected chi connectivity index (χ1v) is 9.13. The van der Waals surface area contributed by atoms with Gasteiger partial charge in [-0.3, -0.25) is 9.69 Å². The number of amides is 1. The Hall–Kier alpha value is -2.73. The molecule has 0 saturated heterocycles. The van der Waals surface area contributed by atoms with E-state index in [9.17, 15) is 4.79 Å². The standard InChI is InChI=1S/C21H26N2O4/c1-15-5-4-6-18(13-15)25-10-9-23(3)16(2)21(24)22-17-7-8-19-20(14-17)27-12-11-26-19/h4-8,13-14,16H,9-12H2,1-3H3,(H,22,24). The van der Waals surface area contributed by atoms with E-state index in [0.717, 1.165) is 11.3 Å². The van der Waals surface area contributed by atoms with E-state index in [0.29, 0.717) is 43.6 Å². The summed E-state index contributed by atoms with van der Waals surface area (Å²) in [6, 6.07) is 13.1. The minimum atomic E-state index is -0.292. The maximum Gasteiger partial charge on any atom is 0.241 e. The molecule has 0 saturated carbocycles. The van der Waals surface area contributed by atoms with Crippen LogP contribution in [0.2, 0.25) is 0 Å². The maximum absolute atomic E-state index is 12.5. The van der Waals surface area contributed by atoms with Crippen molar-refractivity contribution < 1.29 is 19.0 Å². The fraction of sp³-hybridized carbons (Fsp3) is 0.381. The molecule has 2 aromatic rings. The molecule has 0 aromatic heterocycles. The molecule has 0 aliphatic carbocycles. The average molecular weight is 370 g/mol. The summed E-state index contributed by atoms with van der Waals surface area (Å²) in [5.74, 6) is 2.13. The van der Waals surface area contributed by atoms with Gasteiger partial charge in [-0.1, -0.05) is 12.1 Å². The van der Waals surface area contributed by atoms with Crippen LogP contribution in [-0.4, -0.2) is 50.3 Å². The first kappa shape index (κ1) is 19.0. The average Bonchev–Trinajstić information content (AvgIpc) is 2.67. The second-order valence-electron chi connectivity index (χ2n) is 6.67. The molecule has 1 amide bonds. The van der Waals surface area contributed by atoms with E-state index in [1.807, 2.05) is 62.2 Å². The van der Waals surface area contributed by atoms with Gasteiger partial charge in [0, 0.05) is 18.3 Å². The molecule has 144 valence electrons. The van der Waals surface area contributed by atoms with Gasteiger partial charge in [0.1, 0.15) is 25.6 Å². The van der Waals surface area contributed by atoms with Crippen LogP contribution in [0.3, 0.4) is 0 Å². The number of aryl methyl sites for hydroxylation is 1. The number of carbonyl (C=O) groups is 1. The third-order valence-corrected chi connectivity index (χ3v) is 4.55. The summed E-state index contributed by atoms with van der Waals surface area (Å²) in [4.78, 5) is 14.5. The third-order valence-electron chi connectivity index (χ3n) is 4.55. The summed E-state index contributed by atoms with van der Waals surface area (Å²) in [6.45, 7) is 6.13. The summed E-state index contributed by atoms with van der Waals surface area (Å²) in [7, 11) is 1.91. The first-order valence-electron chi connectivity index (χ1n) is 9.13. The van der Waals surface area contributed by atoms with Gasteiger partial charge in [0.2, 0.25) is 5.91 Å². The van der Waals surface area contributed by atoms with Crippen molar-refractivity contribution in [3.63, 3.8) is 0 Å². The normalized spacial score (nSPS) is 13.9. The van der Waals surface area contributed by atoms with Gasteiger partial charge < -0.3 is 19.5 Å². The van der Waals surface area contributed by atoms with Crippen LogP contribution in [0.1, 0.15) is 12.5 Å². The fourth-order valence-electron chi connectivity index (χ4n) is 2.77. The largest absolute Gasteiger partial charge is 0.492 e. The van der Waals surface area contributed by atoms with Gasteiger partial charge in [-0.05, 0) is 50.7 Å². The second-order valence-corrected chi connectivity index (χ2v) is 6.67. The van der Waals surface area contributed by atoms with Crippen molar-refractivity contribution in [2.24, 2.45) is 0 Å². The number of likely N-dealkylation sites (N-methyl/N-ethyl adjacent to an activating group) is 1. The number of benzene rings is 2. The first-order chi connectivity index (χ1) is 13.0. The zero-order valence-electron chi connectivity index (χ0n) is 16.0. The summed E-state index contributed by atoms with van der Waals surface area (Å²) < 4.78 is 16.8. The zero-order valence-corrected chi connectivity index (χ0v) is 16.0. The number of rotatable bonds is 7. The number of fused-ring (bicyclic) bond motifs is 1. The molecule has 0 spiro atoms. The monoisotopic (exact) mass is 370 g/mol. The fourth-order valence-corrected chi connectivity index (χ4v) is 2.77. The van der Waals surface area contributed by atoms with Crippen LogP contribution >= 0.6 is 0 Å². The molecule has 0 bridgehead atoms. The molecule has 3 rings (SSSR count). The van der Waals surface area contributed by atoms with Gasteiger partial charge in [0.25, 0.3) is 0 Å². The molecule has 1 N–H and O–H groups in total. The van der Waals surface area contributed by atoms with E-state index in [4.69, 9.17) is 14.2 Å². The Kier molecular flexibility index (Phi) is 6.19. The third kappa shape index (κ3) is 5.14. The molecule has 1 aliphatic rings. The van der Waals surface area contributed by atoms with Crippen molar-refractivity contribution in [1.82, 2.24) is 4.90 Å². The minimum Gasteiger partial charge on any atom is -0.492 e. The van der Waals surface area contributed by atoms with E-state index in [1.165, 1.54) is 0 Å². The van der Waals surface area contributed by atoms with Crippen LogP contribution < -0.4 is 19.5 Å². The molecule has 1 heterocycles. The Morgan fingerprint density at radius 3 is 2.74 bits per heavy atom. The Labute approximate surface area is 160 Å². The summed E-state index contributed by atoms with van der Waals surface area (Å²) in [5, 5.41) is 2.93. The molecule has 0 fully saturated rings. The number of carbonyl (C=O) groups excluding carboxylic acids is 1. The summed E-state index contributed by atoms with van der Waals surface area (Å²) >= 11 is 0. The Morgan fingerprint density at radius 2 is 1.96 bits per heavy atom. The van der Waals surface area contributed by atoms with Gasteiger partial charge in [0.15, 0.2) is 11.5 Å². The molecule has 6 heteroatoms. The van der Waals surface area contributed by atoms with Gasteiger partial charge in [-0.15, -0.1) is 0 Å². The van der Waals surface area contributed by atoms with Crippen molar-refractivity contribution in [3.05, 3.63) is 48.0 Å². The predicted octanol–water partition coefficient (Wildman–Crippen LogP) is 3.10. The number of nitrogens with one attached hydrogen (secondary N) is 1. The molecule has 0 radical (unpaired) electrons. The molecule has 6 nitrogen and oxygen atoms in total. The van der Waals surface area contributed by atoms with E-state index >= 15 is 0 Å². The lowest BCUT2D eigenvalue weighted by Crippen LogP contribution is -2.41. The highest BCUT2D eigenvalue weighted by atomic mass is 16.6. The zero-order chi connectivity index (χ0) is 19.2. The van der Waals surface area contributed by atoms with Gasteiger partial charge in [0.05, 0.1) is 6.04 Å². The van der Waals surface area contributed by atoms with Crippen LogP contribution in [0, 0.1) is 6.92 Å². The number of ether oxygens (including phenoxy) is 3. The highest BCUT2D eigenvalue weighted by Gasteiger charge is 2.19. The molecule has 1 unspecified atom stereocenters. The van der Waals surface area contributed by atoms with Crippen molar-refractivity contribution in [1.29, 1.82) is 0 Å². The number of anilines is 1. The minimum absolute atomic E-state index is 0.0790. The quantitative estimate of drug-likeness (QED) is 0.812. The summed E-state index contributed by atoms with van der Waals surface area (Å²) in [6.07, 6.45) is 0. The Balaban J connectivity index is 1.49. The van der Waals surface area contributed by atoms with E-state index < -0.39 is 0 Å². The Morgan fingerprint density at radius 1 is 1.19 bits per heavy atom. The highest BCUT2D eigenvalue weighted by molar-refractivity contribution is 5.94.